The zero-order valence-corrected chi connectivity index (χ0v) is 30.2. The van der Waals surface area contributed by atoms with Crippen LogP contribution in [0.2, 0.25) is 0 Å². The molecule has 14 heteroatoms. The molecule has 278 valence electrons. The Balaban J connectivity index is 1.90. The summed E-state index contributed by atoms with van der Waals surface area (Å²) in [5.41, 5.74) is 5.30. The average Bonchev–Trinajstić information content (AvgIpc) is 3.35. The highest BCUT2D eigenvalue weighted by molar-refractivity contribution is 6.23. The summed E-state index contributed by atoms with van der Waals surface area (Å²) in [7, 11) is 1.42. The lowest BCUT2D eigenvalue weighted by Gasteiger charge is -2.38. The number of Topliss-reactive ketones (excluding diaryl/α,β-unsaturated/α-hetero) is 1. The largest absolute Gasteiger partial charge is 0.507 e. The number of methoxy groups -OCH3 is 1. The van der Waals surface area contributed by atoms with Crippen LogP contribution in [0.4, 0.5) is 11.4 Å². The normalized spacial score (nSPS) is 32.2. The predicted octanol–water partition coefficient (Wildman–Crippen LogP) is 4.34. The van der Waals surface area contributed by atoms with Crippen molar-refractivity contribution in [3.8, 4) is 23.0 Å². The number of phenolic OH excluding ortho intramolecular Hbond substituents is 3. The number of anilines is 2. The first kappa shape index (κ1) is 39.0. The number of nitrogens with one attached hydrogen (secondary N) is 1. The Kier molecular flexibility index (Phi) is 11.3. The fourth-order valence-corrected chi connectivity index (χ4v) is 6.75. The minimum atomic E-state index is -2.03. The van der Waals surface area contributed by atoms with Gasteiger partial charge in [-0.05, 0) is 19.9 Å². The SMILES string of the molecule is CO[C@H]1C=CO[C@@]2(C)Oc3c(C)c(O)c4c(O)c(c(N)c(O)c4c3C2=O)NC(=O)/C(C)=C\C=C/[C@H](C)[C@H](O)[C@@H](C)[C@@H](O)[C@@H](C)[C@H](OC(C)=O)[C@@H]1C. The number of amides is 1. The van der Waals surface area contributed by atoms with Gasteiger partial charge in [0, 0.05) is 61.2 Å². The lowest BCUT2D eigenvalue weighted by Crippen LogP contribution is -2.46. The third-order valence-corrected chi connectivity index (χ3v) is 10.0. The van der Waals surface area contributed by atoms with Crippen LogP contribution in [-0.2, 0) is 23.8 Å². The van der Waals surface area contributed by atoms with Crippen molar-refractivity contribution in [1.82, 2.24) is 0 Å². The second kappa shape index (κ2) is 14.8. The Morgan fingerprint density at radius 3 is 2.20 bits per heavy atom. The van der Waals surface area contributed by atoms with Crippen LogP contribution in [0.15, 0.2) is 36.1 Å². The van der Waals surface area contributed by atoms with Crippen molar-refractivity contribution in [2.24, 2.45) is 23.7 Å². The number of rotatable bonds is 2. The first-order chi connectivity index (χ1) is 23.8. The quantitative estimate of drug-likeness (QED) is 0.0997. The molecular weight excluding hydrogens is 664 g/mol. The Labute approximate surface area is 296 Å². The second-order valence-electron chi connectivity index (χ2n) is 13.6. The summed E-state index contributed by atoms with van der Waals surface area (Å²) < 4.78 is 23.2. The second-order valence-corrected chi connectivity index (χ2v) is 13.6. The highest BCUT2D eigenvalue weighted by atomic mass is 16.7. The average molecular weight is 713 g/mol. The van der Waals surface area contributed by atoms with Crippen molar-refractivity contribution < 1.29 is 58.9 Å². The van der Waals surface area contributed by atoms with Gasteiger partial charge < -0.3 is 55.5 Å². The van der Waals surface area contributed by atoms with Gasteiger partial charge in [-0.1, -0.05) is 45.9 Å². The molecule has 3 heterocycles. The number of benzene rings is 2. The molecule has 0 aromatic heterocycles. The molecule has 0 fully saturated rings. The highest BCUT2D eigenvalue weighted by Gasteiger charge is 2.50. The molecule has 3 aliphatic heterocycles. The topological polar surface area (TPSA) is 227 Å². The van der Waals surface area contributed by atoms with E-state index in [-0.39, 0.29) is 33.2 Å². The number of ketones is 1. The summed E-state index contributed by atoms with van der Waals surface area (Å²) in [6.45, 7) is 12.3. The monoisotopic (exact) mass is 712 g/mol. The Hall–Kier alpha value is -4.79. The molecule has 0 spiro atoms. The summed E-state index contributed by atoms with van der Waals surface area (Å²) in [5.74, 6) is -8.62. The van der Waals surface area contributed by atoms with Gasteiger partial charge in [-0.15, -0.1) is 0 Å². The number of hydrogen-bond acceptors (Lipinski definition) is 13. The third-order valence-electron chi connectivity index (χ3n) is 10.0. The highest BCUT2D eigenvalue weighted by Crippen LogP contribution is 2.56. The molecule has 14 nitrogen and oxygen atoms in total. The number of carbonyl (C=O) groups is 3. The summed E-state index contributed by atoms with van der Waals surface area (Å²) in [4.78, 5) is 39.4. The van der Waals surface area contributed by atoms with E-state index in [1.165, 1.54) is 53.2 Å². The number of esters is 1. The molecule has 2 aromatic rings. The number of aromatic hydroxyl groups is 3. The maximum Gasteiger partial charge on any atom is 0.312 e. The molecule has 2 aromatic carbocycles. The summed E-state index contributed by atoms with van der Waals surface area (Å²) in [5, 5.41) is 58.3. The van der Waals surface area contributed by atoms with Crippen molar-refractivity contribution in [1.29, 1.82) is 0 Å². The van der Waals surface area contributed by atoms with Crippen LogP contribution >= 0.6 is 0 Å². The lowest BCUT2D eigenvalue weighted by molar-refractivity contribution is -0.160. The van der Waals surface area contributed by atoms with Gasteiger partial charge in [-0.2, -0.15) is 0 Å². The van der Waals surface area contributed by atoms with Gasteiger partial charge in [0.1, 0.15) is 34.7 Å². The maximum atomic E-state index is 14.0. The van der Waals surface area contributed by atoms with Gasteiger partial charge >= 0.3 is 11.8 Å². The van der Waals surface area contributed by atoms with E-state index in [0.717, 1.165) is 0 Å². The number of carbonyl (C=O) groups excluding carboxylic acids is 3. The molecule has 3 aliphatic rings. The van der Waals surface area contributed by atoms with Crippen molar-refractivity contribution >= 4 is 39.8 Å². The van der Waals surface area contributed by atoms with Gasteiger partial charge in [0.05, 0.1) is 35.5 Å². The zero-order chi connectivity index (χ0) is 38.3. The number of nitrogens with two attached hydrogens (primary N) is 1. The number of nitrogen functional groups attached to an aromatic ring is 1. The molecule has 1 amide bonds. The van der Waals surface area contributed by atoms with Crippen LogP contribution in [0.25, 0.3) is 10.8 Å². The Morgan fingerprint density at radius 1 is 0.941 bits per heavy atom. The van der Waals surface area contributed by atoms with Crippen molar-refractivity contribution in [2.75, 3.05) is 18.2 Å². The van der Waals surface area contributed by atoms with Crippen LogP contribution in [0, 0.1) is 30.6 Å². The van der Waals surface area contributed by atoms with Crippen LogP contribution in [-0.4, -0.2) is 80.5 Å². The molecule has 0 unspecified atom stereocenters. The molecule has 9 atom stereocenters. The number of phenols is 3. The number of allylic oxidation sites excluding steroid dienone is 2. The zero-order valence-electron chi connectivity index (χ0n) is 30.2. The molecule has 0 aliphatic carbocycles. The lowest BCUT2D eigenvalue weighted by atomic mass is 9.78. The molecule has 5 rings (SSSR count). The van der Waals surface area contributed by atoms with Crippen molar-refractivity contribution in [3.05, 3.63) is 47.3 Å². The summed E-state index contributed by atoms with van der Waals surface area (Å²) >= 11 is 0. The van der Waals surface area contributed by atoms with Crippen LogP contribution < -0.4 is 15.8 Å². The predicted molar refractivity (Wildman–Crippen MR) is 188 cm³/mol. The number of fused-ring (bicyclic) bond motifs is 14. The van der Waals surface area contributed by atoms with Gasteiger partial charge in [0.2, 0.25) is 0 Å². The van der Waals surface area contributed by atoms with E-state index in [1.807, 2.05) is 0 Å². The molecular formula is C37H48N2O12. The number of aliphatic hydroxyl groups is 2. The van der Waals surface area contributed by atoms with E-state index < -0.39 is 100 Å². The van der Waals surface area contributed by atoms with Gasteiger partial charge in [0.15, 0.2) is 5.75 Å². The summed E-state index contributed by atoms with van der Waals surface area (Å²) in [6.07, 6.45) is 3.44. The fourth-order valence-electron chi connectivity index (χ4n) is 6.75. The van der Waals surface area contributed by atoms with Crippen LogP contribution in [0.3, 0.4) is 0 Å². The van der Waals surface area contributed by atoms with E-state index in [9.17, 15) is 39.9 Å². The van der Waals surface area contributed by atoms with Crippen molar-refractivity contribution in [2.45, 2.75) is 85.6 Å². The summed E-state index contributed by atoms with van der Waals surface area (Å²) in [6, 6.07) is 0. The third kappa shape index (κ3) is 7.08. The molecule has 51 heavy (non-hydrogen) atoms. The number of hydrogen-bond donors (Lipinski definition) is 7. The van der Waals surface area contributed by atoms with Crippen LogP contribution in [0.5, 0.6) is 23.0 Å². The van der Waals surface area contributed by atoms with Gasteiger partial charge in [-0.3, -0.25) is 14.4 Å². The van der Waals surface area contributed by atoms with E-state index >= 15 is 0 Å². The first-order valence-electron chi connectivity index (χ1n) is 16.6. The Morgan fingerprint density at radius 2 is 1.59 bits per heavy atom. The van der Waals surface area contributed by atoms with E-state index in [2.05, 4.69) is 5.32 Å². The minimum absolute atomic E-state index is 0.0383. The number of aliphatic hydroxyl groups excluding tert-OH is 2. The van der Waals surface area contributed by atoms with Crippen molar-refractivity contribution in [3.63, 3.8) is 0 Å². The Bertz CT molecular complexity index is 1820. The molecule has 5 bridgehead atoms. The fraction of sp³-hybridized carbons (Fsp3) is 0.486. The smallest absolute Gasteiger partial charge is 0.312 e. The van der Waals surface area contributed by atoms with E-state index in [4.69, 9.17) is 24.7 Å². The van der Waals surface area contributed by atoms with Gasteiger partial charge in [0.25, 0.3) is 11.7 Å². The standard InChI is InChI=1S/C37H48N2O12/c1-15-11-10-12-16(2)36(47)39-27-26(38)31(44)23-24(32(27)45)30(43)20(6)34-25(23)35(46)37(8,51-34)49-14-13-22(48-9)17(3)33(50-21(7)40)19(5)29(42)18(4)28(15)41/h10-15,17-19,22,28-29,33,41-45H,38H2,1-9H3,(H,39,47)/b11-10-,14-13?,16-12-/t15-,17+,18+,19+,22-,28-,29+,33+,37-/m0/s1. The number of ether oxygens (including phenoxy) is 4. The molecule has 8 N–H and O–H groups in total. The molecule has 0 radical (unpaired) electrons. The van der Waals surface area contributed by atoms with Gasteiger partial charge in [-0.25, -0.2) is 0 Å². The molecule has 0 saturated carbocycles. The van der Waals surface area contributed by atoms with E-state index in [0.29, 0.717) is 0 Å². The first-order valence-corrected chi connectivity index (χ1v) is 16.6. The molecule has 0 saturated heterocycles. The minimum Gasteiger partial charge on any atom is -0.507 e. The maximum absolute atomic E-state index is 14.0. The van der Waals surface area contributed by atoms with Crippen LogP contribution in [0.1, 0.15) is 64.4 Å². The van der Waals surface area contributed by atoms with E-state index in [1.54, 1.807) is 39.8 Å².